The van der Waals surface area contributed by atoms with E-state index in [1.165, 1.54) is 45.4 Å². The first-order chi connectivity index (χ1) is 15.1. The quantitative estimate of drug-likeness (QED) is 0.510. The fourth-order valence-electron chi connectivity index (χ4n) is 2.60. The molecule has 0 bridgehead atoms. The van der Waals surface area contributed by atoms with E-state index in [9.17, 15) is 22.8 Å². The van der Waals surface area contributed by atoms with Gasteiger partial charge in [0.05, 0.1) is 37.0 Å². The van der Waals surface area contributed by atoms with Gasteiger partial charge < -0.3 is 24.8 Å². The van der Waals surface area contributed by atoms with Crippen LogP contribution in [0, 0.1) is 0 Å². The van der Waals surface area contributed by atoms with Crippen molar-refractivity contribution >= 4 is 39.0 Å². The van der Waals surface area contributed by atoms with E-state index in [0.717, 1.165) is 0 Å². The van der Waals surface area contributed by atoms with Crippen molar-refractivity contribution in [3.8, 4) is 11.5 Å². The summed E-state index contributed by atoms with van der Waals surface area (Å²) in [6.07, 6.45) is -0.425. The molecule has 2 aromatic rings. The summed E-state index contributed by atoms with van der Waals surface area (Å²) in [5, 5.41) is 5.07. The van der Waals surface area contributed by atoms with E-state index < -0.39 is 40.5 Å². The summed E-state index contributed by atoms with van der Waals surface area (Å²) in [6.45, 7) is 0.744. The van der Waals surface area contributed by atoms with Gasteiger partial charge in [-0.3, -0.25) is 14.4 Å². The van der Waals surface area contributed by atoms with Crippen LogP contribution in [-0.4, -0.2) is 52.8 Å². The third-order valence-electron chi connectivity index (χ3n) is 4.15. The zero-order chi connectivity index (χ0) is 23.7. The second kappa shape index (κ2) is 11.1. The lowest BCUT2D eigenvalue weighted by atomic mass is 10.2. The smallest absolute Gasteiger partial charge is 0.307 e. The average Bonchev–Trinajstić information content (AvgIpc) is 2.76. The molecule has 0 heterocycles. The van der Waals surface area contributed by atoms with Crippen LogP contribution in [0.3, 0.4) is 0 Å². The molecule has 2 amide bonds. The largest absolute Gasteiger partial charge is 0.497 e. The van der Waals surface area contributed by atoms with E-state index in [4.69, 9.17) is 14.2 Å². The minimum absolute atomic E-state index is 0.00210. The van der Waals surface area contributed by atoms with E-state index in [0.29, 0.717) is 22.9 Å². The highest BCUT2D eigenvalue weighted by Crippen LogP contribution is 2.28. The van der Waals surface area contributed by atoms with Gasteiger partial charge in [0.25, 0.3) is 5.91 Å². The molecular weight excluding hydrogens is 440 g/mol. The van der Waals surface area contributed by atoms with Gasteiger partial charge in [0.2, 0.25) is 5.91 Å². The lowest BCUT2D eigenvalue weighted by molar-refractivity contribution is -0.146. The highest BCUT2D eigenvalue weighted by Gasteiger charge is 2.18. The van der Waals surface area contributed by atoms with Crippen LogP contribution in [0.25, 0.3) is 0 Å². The Labute approximate surface area is 185 Å². The molecule has 0 aliphatic carbocycles. The Hall–Kier alpha value is -3.60. The number of methoxy groups -OCH3 is 2. The minimum Gasteiger partial charge on any atom is -0.497 e. The number of nitrogens with one attached hydrogen (secondary N) is 2. The molecule has 0 saturated heterocycles. The number of ether oxygens (including phenoxy) is 3. The van der Waals surface area contributed by atoms with Gasteiger partial charge in [-0.1, -0.05) is 0 Å². The molecule has 0 saturated carbocycles. The first-order valence-electron chi connectivity index (χ1n) is 9.42. The number of carbonyl (C=O) groups is 3. The number of rotatable bonds is 10. The minimum atomic E-state index is -3.75. The van der Waals surface area contributed by atoms with Crippen LogP contribution in [0.1, 0.15) is 13.3 Å². The van der Waals surface area contributed by atoms with Gasteiger partial charge in [-0.05, 0) is 36.4 Å². The third kappa shape index (κ3) is 7.27. The second-order valence-electron chi connectivity index (χ2n) is 6.55. The predicted molar refractivity (Wildman–Crippen MR) is 117 cm³/mol. The van der Waals surface area contributed by atoms with Gasteiger partial charge in [0.1, 0.15) is 11.5 Å². The Morgan fingerprint density at radius 3 is 2.22 bits per heavy atom. The molecule has 11 heteroatoms. The van der Waals surface area contributed by atoms with Crippen LogP contribution >= 0.6 is 0 Å². The molecule has 2 rings (SSSR count). The summed E-state index contributed by atoms with van der Waals surface area (Å²) in [6, 6.07) is 10.4. The first-order valence-corrected chi connectivity index (χ1v) is 11.1. The lowest BCUT2D eigenvalue weighted by Gasteiger charge is -2.12. The standard InChI is InChI=1S/C21H24N2O8S/c1-14(24)22-15-4-7-17(8-5-15)32(27,28)11-10-21(26)31-13-20(25)23-18-12-16(29-2)6-9-19(18)30-3/h4-9,12H,10-11,13H2,1-3H3,(H,22,24)(H,23,25). The monoisotopic (exact) mass is 464 g/mol. The van der Waals surface area contributed by atoms with Gasteiger partial charge >= 0.3 is 5.97 Å². The van der Waals surface area contributed by atoms with Crippen LogP contribution in [0.2, 0.25) is 0 Å². The maximum atomic E-state index is 12.4. The molecule has 0 aliphatic rings. The number of amides is 2. The van der Waals surface area contributed by atoms with Gasteiger partial charge in [0.15, 0.2) is 16.4 Å². The number of hydrogen-bond acceptors (Lipinski definition) is 8. The fourth-order valence-corrected chi connectivity index (χ4v) is 3.82. The van der Waals surface area contributed by atoms with Crippen molar-refractivity contribution in [3.63, 3.8) is 0 Å². The lowest BCUT2D eigenvalue weighted by Crippen LogP contribution is -2.22. The van der Waals surface area contributed by atoms with Crippen molar-refractivity contribution in [2.75, 3.05) is 37.2 Å². The summed E-state index contributed by atoms with van der Waals surface area (Å²) in [5.41, 5.74) is 0.785. The number of anilines is 2. The average molecular weight is 464 g/mol. The van der Waals surface area contributed by atoms with Crippen LogP contribution in [0.15, 0.2) is 47.4 Å². The first kappa shape index (κ1) is 24.7. The van der Waals surface area contributed by atoms with Crippen molar-refractivity contribution in [3.05, 3.63) is 42.5 Å². The van der Waals surface area contributed by atoms with Crippen LogP contribution in [0.4, 0.5) is 11.4 Å². The molecular formula is C21H24N2O8S. The normalized spacial score (nSPS) is 10.7. The van der Waals surface area contributed by atoms with Crippen molar-refractivity contribution in [1.29, 1.82) is 0 Å². The third-order valence-corrected chi connectivity index (χ3v) is 5.89. The number of esters is 1. The molecule has 0 aromatic heterocycles. The van der Waals surface area contributed by atoms with Gasteiger partial charge in [-0.15, -0.1) is 0 Å². The van der Waals surface area contributed by atoms with E-state index in [1.807, 2.05) is 0 Å². The van der Waals surface area contributed by atoms with E-state index >= 15 is 0 Å². The van der Waals surface area contributed by atoms with Gasteiger partial charge in [-0.2, -0.15) is 0 Å². The molecule has 2 N–H and O–H groups in total. The highest BCUT2D eigenvalue weighted by molar-refractivity contribution is 7.91. The molecule has 32 heavy (non-hydrogen) atoms. The van der Waals surface area contributed by atoms with Gasteiger partial charge in [0, 0.05) is 18.7 Å². The Balaban J connectivity index is 1.86. The zero-order valence-corrected chi connectivity index (χ0v) is 18.7. The van der Waals surface area contributed by atoms with Crippen molar-refractivity contribution in [1.82, 2.24) is 0 Å². The van der Waals surface area contributed by atoms with Gasteiger partial charge in [-0.25, -0.2) is 8.42 Å². The fraction of sp³-hybridized carbons (Fsp3) is 0.286. The number of hydrogen-bond donors (Lipinski definition) is 2. The van der Waals surface area contributed by atoms with Crippen molar-refractivity contribution < 1.29 is 37.0 Å². The number of carbonyl (C=O) groups excluding carboxylic acids is 3. The maximum Gasteiger partial charge on any atom is 0.307 e. The molecule has 0 spiro atoms. The molecule has 2 aromatic carbocycles. The Morgan fingerprint density at radius 1 is 0.938 bits per heavy atom. The van der Waals surface area contributed by atoms with Crippen molar-refractivity contribution in [2.45, 2.75) is 18.2 Å². The summed E-state index contributed by atoms with van der Waals surface area (Å²) < 4.78 is 39.9. The van der Waals surface area contributed by atoms with E-state index in [2.05, 4.69) is 10.6 Å². The van der Waals surface area contributed by atoms with Crippen molar-refractivity contribution in [2.24, 2.45) is 0 Å². The molecule has 172 valence electrons. The molecule has 0 radical (unpaired) electrons. The summed E-state index contributed by atoms with van der Waals surface area (Å²) in [7, 11) is -0.840. The topological polar surface area (TPSA) is 137 Å². The second-order valence-corrected chi connectivity index (χ2v) is 8.66. The summed E-state index contributed by atoms with van der Waals surface area (Å²) in [5.74, 6) is -1.35. The highest BCUT2D eigenvalue weighted by atomic mass is 32.2. The molecule has 0 fully saturated rings. The Morgan fingerprint density at radius 2 is 1.62 bits per heavy atom. The molecule has 0 atom stereocenters. The summed E-state index contributed by atoms with van der Waals surface area (Å²) >= 11 is 0. The molecule has 0 unspecified atom stereocenters. The number of benzene rings is 2. The number of sulfone groups is 1. The molecule has 10 nitrogen and oxygen atoms in total. The zero-order valence-electron chi connectivity index (χ0n) is 17.8. The van der Waals surface area contributed by atoms with Crippen LogP contribution < -0.4 is 20.1 Å². The van der Waals surface area contributed by atoms with E-state index in [1.54, 1.807) is 18.2 Å². The molecule has 0 aliphatic heterocycles. The Bertz CT molecular complexity index is 1080. The predicted octanol–water partition coefficient (Wildman–Crippen LogP) is 2.01. The maximum absolute atomic E-state index is 12.4. The van der Waals surface area contributed by atoms with E-state index in [-0.39, 0.29) is 10.8 Å². The van der Waals surface area contributed by atoms with Crippen LogP contribution in [-0.2, 0) is 29.0 Å². The SMILES string of the molecule is COc1ccc(OC)c(NC(=O)COC(=O)CCS(=O)(=O)c2ccc(NC(C)=O)cc2)c1. The summed E-state index contributed by atoms with van der Waals surface area (Å²) in [4.78, 5) is 35.0. The van der Waals surface area contributed by atoms with Crippen LogP contribution in [0.5, 0.6) is 11.5 Å². The Kier molecular flexibility index (Phi) is 8.59.